The molecule has 4 N–H and O–H groups in total. The Bertz CT molecular complexity index is 1270. The Hall–Kier alpha value is -4.17. The number of amides is 3. The fourth-order valence-corrected chi connectivity index (χ4v) is 3.41. The van der Waals surface area contributed by atoms with Gasteiger partial charge in [0.05, 0.1) is 28.1 Å². The first-order chi connectivity index (χ1) is 14.8. The maximum atomic E-state index is 12.9. The number of nitrogens with one attached hydrogen (secondary N) is 1. The van der Waals surface area contributed by atoms with Crippen LogP contribution in [0.5, 0.6) is 0 Å². The van der Waals surface area contributed by atoms with Crippen molar-refractivity contribution >= 4 is 52.4 Å². The largest absolute Gasteiger partial charge is 0.478 e. The van der Waals surface area contributed by atoms with Crippen LogP contribution in [0.2, 0.25) is 5.02 Å². The van der Waals surface area contributed by atoms with Gasteiger partial charge in [-0.1, -0.05) is 11.6 Å². The lowest BCUT2D eigenvalue weighted by atomic mass is 10.0. The van der Waals surface area contributed by atoms with Crippen molar-refractivity contribution in [1.29, 1.82) is 0 Å². The second-order valence-electron chi connectivity index (χ2n) is 6.75. The zero-order chi connectivity index (χ0) is 22.3. The Morgan fingerprint density at radius 3 is 2.26 bits per heavy atom. The molecule has 0 unspecified atom stereocenters. The van der Waals surface area contributed by atoms with Gasteiger partial charge >= 0.3 is 5.97 Å². The predicted octanol–water partition coefficient (Wildman–Crippen LogP) is 3.67. The van der Waals surface area contributed by atoms with Crippen LogP contribution in [0.15, 0.2) is 60.7 Å². The van der Waals surface area contributed by atoms with E-state index in [9.17, 15) is 24.3 Å². The number of carboxylic acids is 1. The van der Waals surface area contributed by atoms with Crippen LogP contribution >= 0.6 is 11.6 Å². The Kier molecular flexibility index (Phi) is 4.92. The van der Waals surface area contributed by atoms with Gasteiger partial charge in [-0.3, -0.25) is 14.4 Å². The molecule has 9 heteroatoms. The second kappa shape index (κ2) is 7.58. The third-order valence-electron chi connectivity index (χ3n) is 4.76. The number of fused-ring (bicyclic) bond motifs is 1. The van der Waals surface area contributed by atoms with E-state index in [1.807, 2.05) is 0 Å². The van der Waals surface area contributed by atoms with Gasteiger partial charge in [-0.05, 0) is 60.7 Å². The van der Waals surface area contributed by atoms with Crippen LogP contribution in [0.1, 0.15) is 41.4 Å². The highest BCUT2D eigenvalue weighted by molar-refractivity contribution is 6.35. The molecule has 154 valence electrons. The molecule has 1 aliphatic rings. The number of nitrogens with two attached hydrogens (primary N) is 1. The summed E-state index contributed by atoms with van der Waals surface area (Å²) in [6.07, 6.45) is 0. The molecule has 8 nitrogen and oxygen atoms in total. The van der Waals surface area contributed by atoms with E-state index >= 15 is 0 Å². The van der Waals surface area contributed by atoms with Gasteiger partial charge in [-0.25, -0.2) is 9.69 Å². The first-order valence-electron chi connectivity index (χ1n) is 8.99. The van der Waals surface area contributed by atoms with E-state index in [4.69, 9.17) is 17.3 Å². The van der Waals surface area contributed by atoms with Crippen molar-refractivity contribution < 1.29 is 24.3 Å². The monoisotopic (exact) mass is 435 g/mol. The third-order valence-corrected chi connectivity index (χ3v) is 5.00. The molecule has 3 aromatic rings. The SMILES string of the molecule is Nc1ccc(N2C(=O)c3ccc(C(=O)Nc4cc(Cl)ccc4C(=O)O)cc3C2=O)cc1. The zero-order valence-corrected chi connectivity index (χ0v) is 16.5. The molecule has 3 amide bonds. The Morgan fingerprint density at radius 2 is 1.58 bits per heavy atom. The fraction of sp³-hybridized carbons (Fsp3) is 0. The summed E-state index contributed by atoms with van der Waals surface area (Å²) in [7, 11) is 0. The normalized spacial score (nSPS) is 12.6. The fourth-order valence-electron chi connectivity index (χ4n) is 3.24. The highest BCUT2D eigenvalue weighted by atomic mass is 35.5. The molecule has 4 rings (SSSR count). The quantitative estimate of drug-likeness (QED) is 0.423. The molecular formula is C22H14ClN3O5. The summed E-state index contributed by atoms with van der Waals surface area (Å²) in [6.45, 7) is 0. The maximum absolute atomic E-state index is 12.9. The number of carbonyl (C=O) groups excluding carboxylic acids is 3. The minimum absolute atomic E-state index is 0.0106. The van der Waals surface area contributed by atoms with Crippen LogP contribution in [0.3, 0.4) is 0 Å². The van der Waals surface area contributed by atoms with Crippen molar-refractivity contribution in [3.8, 4) is 0 Å². The molecular weight excluding hydrogens is 422 g/mol. The third kappa shape index (κ3) is 3.60. The van der Waals surface area contributed by atoms with Crippen molar-refractivity contribution in [2.45, 2.75) is 0 Å². The standard InChI is InChI=1S/C22H14ClN3O5/c23-12-2-8-16(22(30)31)18(10-12)25-19(27)11-1-7-15-17(9-11)21(29)26(20(15)28)14-5-3-13(24)4-6-14/h1-10H,24H2,(H,25,27)(H,30,31). The summed E-state index contributed by atoms with van der Waals surface area (Å²) < 4.78 is 0. The molecule has 0 fully saturated rings. The van der Waals surface area contributed by atoms with Crippen molar-refractivity contribution in [1.82, 2.24) is 0 Å². The molecule has 0 saturated carbocycles. The van der Waals surface area contributed by atoms with Gasteiger partial charge < -0.3 is 16.2 Å². The number of anilines is 3. The lowest BCUT2D eigenvalue weighted by Gasteiger charge is -2.13. The van der Waals surface area contributed by atoms with Crippen LogP contribution in [-0.4, -0.2) is 28.8 Å². The number of carbonyl (C=O) groups is 4. The van der Waals surface area contributed by atoms with Gasteiger partial charge in [-0.15, -0.1) is 0 Å². The topological polar surface area (TPSA) is 130 Å². The smallest absolute Gasteiger partial charge is 0.337 e. The molecule has 0 radical (unpaired) electrons. The summed E-state index contributed by atoms with van der Waals surface area (Å²) in [5.41, 5.74) is 6.68. The molecule has 0 aliphatic carbocycles. The average molecular weight is 436 g/mol. The van der Waals surface area contributed by atoms with Gasteiger partial charge in [0.2, 0.25) is 0 Å². The van der Waals surface area contributed by atoms with Crippen LogP contribution in [0.4, 0.5) is 17.1 Å². The molecule has 0 aromatic heterocycles. The molecule has 3 aromatic carbocycles. The molecule has 0 bridgehead atoms. The van der Waals surface area contributed by atoms with Crippen molar-refractivity contribution in [2.24, 2.45) is 0 Å². The second-order valence-corrected chi connectivity index (χ2v) is 7.18. The number of benzene rings is 3. The van der Waals surface area contributed by atoms with Gasteiger partial charge in [0, 0.05) is 16.3 Å². The molecule has 0 saturated heterocycles. The summed E-state index contributed by atoms with van der Waals surface area (Å²) >= 11 is 5.91. The number of halogens is 1. The first kappa shape index (κ1) is 20.1. The number of imide groups is 1. The van der Waals surface area contributed by atoms with E-state index < -0.39 is 23.7 Å². The van der Waals surface area contributed by atoms with E-state index in [0.717, 1.165) is 4.90 Å². The lowest BCUT2D eigenvalue weighted by molar-refractivity contribution is 0.0697. The van der Waals surface area contributed by atoms with Crippen LogP contribution in [0, 0.1) is 0 Å². The molecule has 0 atom stereocenters. The molecule has 1 aliphatic heterocycles. The molecule has 31 heavy (non-hydrogen) atoms. The van der Waals surface area contributed by atoms with Crippen LogP contribution < -0.4 is 16.0 Å². The van der Waals surface area contributed by atoms with Gasteiger partial charge in [-0.2, -0.15) is 0 Å². The zero-order valence-electron chi connectivity index (χ0n) is 15.8. The lowest BCUT2D eigenvalue weighted by Crippen LogP contribution is -2.29. The highest BCUT2D eigenvalue weighted by Crippen LogP contribution is 2.30. The molecule has 1 heterocycles. The minimum atomic E-state index is -1.24. The van der Waals surface area contributed by atoms with E-state index in [2.05, 4.69) is 5.32 Å². The van der Waals surface area contributed by atoms with Gasteiger partial charge in [0.1, 0.15) is 0 Å². The Morgan fingerprint density at radius 1 is 0.903 bits per heavy atom. The molecule has 0 spiro atoms. The van der Waals surface area contributed by atoms with Crippen molar-refractivity contribution in [2.75, 3.05) is 16.0 Å². The summed E-state index contributed by atoms with van der Waals surface area (Å²) in [6, 6.07) is 14.3. The Balaban J connectivity index is 1.65. The van der Waals surface area contributed by atoms with E-state index in [1.54, 1.807) is 24.3 Å². The number of aromatic carboxylic acids is 1. The number of hydrogen-bond acceptors (Lipinski definition) is 5. The Labute approximate surface area is 180 Å². The maximum Gasteiger partial charge on any atom is 0.337 e. The van der Waals surface area contributed by atoms with E-state index in [-0.39, 0.29) is 33.0 Å². The number of rotatable bonds is 4. The summed E-state index contributed by atoms with van der Waals surface area (Å²) in [5, 5.41) is 12.0. The van der Waals surface area contributed by atoms with Crippen LogP contribution in [0.25, 0.3) is 0 Å². The number of hydrogen-bond donors (Lipinski definition) is 3. The van der Waals surface area contributed by atoms with E-state index in [1.165, 1.54) is 36.4 Å². The minimum Gasteiger partial charge on any atom is -0.478 e. The van der Waals surface area contributed by atoms with Crippen LogP contribution in [-0.2, 0) is 0 Å². The van der Waals surface area contributed by atoms with Crippen molar-refractivity contribution in [3.63, 3.8) is 0 Å². The number of carboxylic acid groups (broad SMARTS) is 1. The van der Waals surface area contributed by atoms with Gasteiger partial charge in [0.15, 0.2) is 0 Å². The van der Waals surface area contributed by atoms with Gasteiger partial charge in [0.25, 0.3) is 17.7 Å². The average Bonchev–Trinajstić information content (AvgIpc) is 2.98. The predicted molar refractivity (Wildman–Crippen MR) is 115 cm³/mol. The highest BCUT2D eigenvalue weighted by Gasteiger charge is 2.37. The first-order valence-corrected chi connectivity index (χ1v) is 9.36. The summed E-state index contributed by atoms with van der Waals surface area (Å²) in [4.78, 5) is 50.7. The number of nitrogen functional groups attached to an aromatic ring is 1. The number of nitrogens with zero attached hydrogens (tertiary/aromatic N) is 1. The summed E-state index contributed by atoms with van der Waals surface area (Å²) in [5.74, 6) is -2.98. The van der Waals surface area contributed by atoms with Crippen molar-refractivity contribution in [3.05, 3.63) is 87.9 Å². The van der Waals surface area contributed by atoms with E-state index in [0.29, 0.717) is 11.4 Å².